The van der Waals surface area contributed by atoms with Gasteiger partial charge in [-0.25, -0.2) is 9.97 Å². The summed E-state index contributed by atoms with van der Waals surface area (Å²) in [5, 5.41) is 9.37. The quantitative estimate of drug-likeness (QED) is 0.862. The SMILES string of the molecule is Cc1cc(N2CCCC2CO)nc(C2CC2)n1. The van der Waals surface area contributed by atoms with Crippen LogP contribution in [0.2, 0.25) is 0 Å². The van der Waals surface area contributed by atoms with Crippen LogP contribution in [-0.4, -0.2) is 34.3 Å². The number of hydrogen-bond acceptors (Lipinski definition) is 4. The van der Waals surface area contributed by atoms with Gasteiger partial charge in [0.25, 0.3) is 0 Å². The molecule has 2 aliphatic rings. The van der Waals surface area contributed by atoms with Crippen molar-refractivity contribution in [2.24, 2.45) is 0 Å². The number of rotatable bonds is 3. The largest absolute Gasteiger partial charge is 0.394 e. The summed E-state index contributed by atoms with van der Waals surface area (Å²) < 4.78 is 0. The first-order chi connectivity index (χ1) is 8.28. The molecule has 1 atom stereocenters. The fourth-order valence-electron chi connectivity index (χ4n) is 2.57. The van der Waals surface area contributed by atoms with Crippen LogP contribution in [0.15, 0.2) is 6.07 Å². The van der Waals surface area contributed by atoms with E-state index in [2.05, 4.69) is 14.9 Å². The topological polar surface area (TPSA) is 49.2 Å². The highest BCUT2D eigenvalue weighted by Gasteiger charge is 2.29. The third kappa shape index (κ3) is 2.14. The minimum absolute atomic E-state index is 0.224. The van der Waals surface area contributed by atoms with Crippen molar-refractivity contribution in [2.75, 3.05) is 18.1 Å². The van der Waals surface area contributed by atoms with E-state index in [-0.39, 0.29) is 12.6 Å². The van der Waals surface area contributed by atoms with Gasteiger partial charge in [0.05, 0.1) is 12.6 Å². The molecule has 0 radical (unpaired) electrons. The predicted octanol–water partition coefficient (Wildman–Crippen LogP) is 1.62. The van der Waals surface area contributed by atoms with Crippen LogP contribution in [0.25, 0.3) is 0 Å². The van der Waals surface area contributed by atoms with Gasteiger partial charge in [-0.2, -0.15) is 0 Å². The fraction of sp³-hybridized carbons (Fsp3) is 0.692. The Balaban J connectivity index is 1.90. The van der Waals surface area contributed by atoms with Gasteiger partial charge in [0.15, 0.2) is 0 Å². The number of aliphatic hydroxyl groups is 1. The molecule has 4 nitrogen and oxygen atoms in total. The van der Waals surface area contributed by atoms with Crippen LogP contribution < -0.4 is 4.90 Å². The number of aliphatic hydroxyl groups excluding tert-OH is 1. The summed E-state index contributed by atoms with van der Waals surface area (Å²) in [6.07, 6.45) is 4.67. The third-order valence-electron chi connectivity index (χ3n) is 3.68. The fourth-order valence-corrected chi connectivity index (χ4v) is 2.57. The molecule has 1 saturated carbocycles. The van der Waals surface area contributed by atoms with Crippen LogP contribution in [-0.2, 0) is 0 Å². The van der Waals surface area contributed by atoms with Crippen molar-refractivity contribution >= 4 is 5.82 Å². The van der Waals surface area contributed by atoms with Crippen LogP contribution in [0.1, 0.15) is 43.1 Å². The van der Waals surface area contributed by atoms with Gasteiger partial charge in [-0.3, -0.25) is 0 Å². The number of hydrogen-bond donors (Lipinski definition) is 1. The van der Waals surface area contributed by atoms with Gasteiger partial charge in [0.1, 0.15) is 11.6 Å². The highest BCUT2D eigenvalue weighted by Crippen LogP contribution is 2.39. The maximum absolute atomic E-state index is 9.37. The van der Waals surface area contributed by atoms with E-state index in [1.807, 2.05) is 13.0 Å². The Hall–Kier alpha value is -1.16. The second kappa shape index (κ2) is 4.26. The van der Waals surface area contributed by atoms with Gasteiger partial charge < -0.3 is 10.0 Å². The zero-order chi connectivity index (χ0) is 11.8. The Labute approximate surface area is 102 Å². The third-order valence-corrected chi connectivity index (χ3v) is 3.68. The molecule has 3 rings (SSSR count). The van der Waals surface area contributed by atoms with E-state index in [1.165, 1.54) is 12.8 Å². The van der Waals surface area contributed by atoms with Gasteiger partial charge in [-0.15, -0.1) is 0 Å². The van der Waals surface area contributed by atoms with Crippen molar-refractivity contribution in [3.8, 4) is 0 Å². The number of nitrogens with zero attached hydrogens (tertiary/aromatic N) is 3. The highest BCUT2D eigenvalue weighted by atomic mass is 16.3. The summed E-state index contributed by atoms with van der Waals surface area (Å²) in [6, 6.07) is 2.29. The van der Waals surface area contributed by atoms with Crippen LogP contribution in [0, 0.1) is 6.92 Å². The maximum Gasteiger partial charge on any atom is 0.134 e. The van der Waals surface area contributed by atoms with Crippen LogP contribution in [0.5, 0.6) is 0 Å². The van der Waals surface area contributed by atoms with Gasteiger partial charge in [0, 0.05) is 24.2 Å². The maximum atomic E-state index is 9.37. The second-order valence-corrected chi connectivity index (χ2v) is 5.17. The molecular weight excluding hydrogens is 214 g/mol. The molecule has 17 heavy (non-hydrogen) atoms. The molecule has 1 N–H and O–H groups in total. The normalized spacial score (nSPS) is 24.4. The number of anilines is 1. The van der Waals surface area contributed by atoms with Crippen LogP contribution in [0.3, 0.4) is 0 Å². The van der Waals surface area contributed by atoms with E-state index in [0.717, 1.165) is 36.7 Å². The summed E-state index contributed by atoms with van der Waals surface area (Å²) >= 11 is 0. The van der Waals surface area contributed by atoms with Crippen molar-refractivity contribution in [3.63, 3.8) is 0 Å². The molecule has 0 bridgehead atoms. The molecule has 0 spiro atoms. The number of aromatic nitrogens is 2. The molecule has 2 fully saturated rings. The van der Waals surface area contributed by atoms with Crippen molar-refractivity contribution in [3.05, 3.63) is 17.6 Å². The second-order valence-electron chi connectivity index (χ2n) is 5.17. The summed E-state index contributed by atoms with van der Waals surface area (Å²) in [5.74, 6) is 2.60. The molecule has 92 valence electrons. The van der Waals surface area contributed by atoms with Gasteiger partial charge in [-0.05, 0) is 32.6 Å². The molecule has 0 amide bonds. The van der Waals surface area contributed by atoms with E-state index in [9.17, 15) is 5.11 Å². The standard InChI is InChI=1S/C13H19N3O/c1-9-7-12(15-13(14-9)10-4-5-10)16-6-2-3-11(16)8-17/h7,10-11,17H,2-6,8H2,1H3. The minimum Gasteiger partial charge on any atom is -0.394 e. The predicted molar refractivity (Wildman–Crippen MR) is 66.2 cm³/mol. The lowest BCUT2D eigenvalue weighted by Gasteiger charge is -2.24. The summed E-state index contributed by atoms with van der Waals surface area (Å²) in [5.41, 5.74) is 1.04. The Morgan fingerprint density at radius 3 is 2.88 bits per heavy atom. The Morgan fingerprint density at radius 1 is 1.35 bits per heavy atom. The molecule has 1 saturated heterocycles. The molecule has 4 heteroatoms. The van der Waals surface area contributed by atoms with E-state index < -0.39 is 0 Å². The first-order valence-corrected chi connectivity index (χ1v) is 6.51. The lowest BCUT2D eigenvalue weighted by atomic mass is 10.2. The van der Waals surface area contributed by atoms with E-state index in [0.29, 0.717) is 5.92 Å². The van der Waals surface area contributed by atoms with Crippen molar-refractivity contribution in [1.29, 1.82) is 0 Å². The van der Waals surface area contributed by atoms with Gasteiger partial charge in [-0.1, -0.05) is 0 Å². The molecule has 1 aromatic rings. The molecule has 1 aromatic heterocycles. The molecule has 1 aliphatic carbocycles. The monoisotopic (exact) mass is 233 g/mol. The molecule has 1 aliphatic heterocycles. The van der Waals surface area contributed by atoms with E-state index in [1.54, 1.807) is 0 Å². The lowest BCUT2D eigenvalue weighted by molar-refractivity contribution is 0.266. The first kappa shape index (κ1) is 11.0. The lowest BCUT2D eigenvalue weighted by Crippen LogP contribution is -2.33. The number of aryl methyl sites for hydroxylation is 1. The van der Waals surface area contributed by atoms with Crippen LogP contribution >= 0.6 is 0 Å². The van der Waals surface area contributed by atoms with Gasteiger partial charge in [0.2, 0.25) is 0 Å². The highest BCUT2D eigenvalue weighted by molar-refractivity contribution is 5.43. The van der Waals surface area contributed by atoms with Crippen LogP contribution in [0.4, 0.5) is 5.82 Å². The van der Waals surface area contributed by atoms with Crippen molar-refractivity contribution < 1.29 is 5.11 Å². The molecule has 2 heterocycles. The molecule has 1 unspecified atom stereocenters. The van der Waals surface area contributed by atoms with Crippen molar-refractivity contribution in [1.82, 2.24) is 9.97 Å². The zero-order valence-electron chi connectivity index (χ0n) is 10.3. The summed E-state index contributed by atoms with van der Waals surface area (Å²) in [6.45, 7) is 3.26. The Kier molecular flexibility index (Phi) is 2.74. The molecule has 0 aromatic carbocycles. The Morgan fingerprint density at radius 2 is 2.18 bits per heavy atom. The zero-order valence-corrected chi connectivity index (χ0v) is 10.3. The average Bonchev–Trinajstić information content (AvgIpc) is 3.06. The van der Waals surface area contributed by atoms with E-state index >= 15 is 0 Å². The Bertz CT molecular complexity index is 417. The minimum atomic E-state index is 0.224. The van der Waals surface area contributed by atoms with E-state index in [4.69, 9.17) is 0 Å². The average molecular weight is 233 g/mol. The smallest absolute Gasteiger partial charge is 0.134 e. The first-order valence-electron chi connectivity index (χ1n) is 6.51. The summed E-state index contributed by atoms with van der Waals surface area (Å²) in [7, 11) is 0. The summed E-state index contributed by atoms with van der Waals surface area (Å²) in [4.78, 5) is 11.4. The molecular formula is C13H19N3O. The van der Waals surface area contributed by atoms with Crippen molar-refractivity contribution in [2.45, 2.75) is 44.6 Å². The van der Waals surface area contributed by atoms with Gasteiger partial charge >= 0.3 is 0 Å².